The Labute approximate surface area is 191 Å². The topological polar surface area (TPSA) is 80.7 Å². The zero-order chi connectivity index (χ0) is 23.6. The second-order valence-corrected chi connectivity index (χ2v) is 10.2. The molecule has 1 N–H and O–H groups in total. The minimum absolute atomic E-state index is 0.0489. The number of esters is 1. The maximum atomic E-state index is 17.0. The van der Waals surface area contributed by atoms with Crippen molar-refractivity contribution in [2.75, 3.05) is 5.88 Å². The molecule has 0 aromatic heterocycles. The molecular formula is C24H29ClF2O5. The van der Waals surface area contributed by atoms with E-state index in [-0.39, 0.29) is 30.7 Å². The number of aliphatic hydroxyl groups is 1. The van der Waals surface area contributed by atoms with Gasteiger partial charge in [0.15, 0.2) is 22.8 Å². The number of halogens is 3. The third kappa shape index (κ3) is 2.86. The summed E-state index contributed by atoms with van der Waals surface area (Å²) in [5.74, 6) is -4.36. The molecular weight excluding hydrogens is 442 g/mol. The van der Waals surface area contributed by atoms with Crippen LogP contribution in [0, 0.1) is 29.1 Å². The van der Waals surface area contributed by atoms with Gasteiger partial charge in [0.25, 0.3) is 0 Å². The molecule has 9 atom stereocenters. The number of carbonyl (C=O) groups excluding carboxylic acids is 3. The first-order valence-electron chi connectivity index (χ1n) is 11.2. The van der Waals surface area contributed by atoms with Crippen LogP contribution in [0.3, 0.4) is 0 Å². The quantitative estimate of drug-likeness (QED) is 0.501. The molecule has 3 saturated carbocycles. The molecule has 3 fully saturated rings. The summed E-state index contributed by atoms with van der Waals surface area (Å²) < 4.78 is 38.1. The molecule has 0 saturated heterocycles. The smallest absolute Gasteiger partial charge is 0.306 e. The molecule has 176 valence electrons. The Morgan fingerprint density at radius 2 is 1.97 bits per heavy atom. The van der Waals surface area contributed by atoms with Gasteiger partial charge < -0.3 is 9.84 Å². The lowest BCUT2D eigenvalue weighted by atomic mass is 9.47. The molecule has 4 aliphatic rings. The van der Waals surface area contributed by atoms with Gasteiger partial charge >= 0.3 is 5.97 Å². The molecule has 32 heavy (non-hydrogen) atoms. The Kier molecular flexibility index (Phi) is 5.69. The number of fused-ring (bicyclic) bond motifs is 5. The normalized spacial score (nSPS) is 47.2. The Bertz CT molecular complexity index is 918. The van der Waals surface area contributed by atoms with Gasteiger partial charge in [0.05, 0.1) is 12.0 Å². The lowest BCUT2D eigenvalue weighted by Crippen LogP contribution is -2.68. The Morgan fingerprint density at radius 1 is 1.28 bits per heavy atom. The molecule has 0 aromatic rings. The number of hydrogen-bond donors (Lipinski definition) is 1. The number of aliphatic hydroxyl groups excluding tert-OH is 1. The Morgan fingerprint density at radius 3 is 2.59 bits per heavy atom. The molecule has 4 rings (SSSR count). The highest BCUT2D eigenvalue weighted by Gasteiger charge is 2.73. The van der Waals surface area contributed by atoms with E-state index in [1.807, 2.05) is 0 Å². The molecule has 0 bridgehead atoms. The van der Waals surface area contributed by atoms with Crippen molar-refractivity contribution in [2.45, 2.75) is 70.0 Å². The first-order chi connectivity index (χ1) is 15.0. The van der Waals surface area contributed by atoms with Gasteiger partial charge in [-0.3, -0.25) is 14.4 Å². The molecule has 4 aliphatic carbocycles. The zero-order valence-corrected chi connectivity index (χ0v) is 19.2. The lowest BCUT2D eigenvalue weighted by molar-refractivity contribution is -0.205. The summed E-state index contributed by atoms with van der Waals surface area (Å²) in [7, 11) is 0. The van der Waals surface area contributed by atoms with Crippen LogP contribution in [0.1, 0.15) is 46.5 Å². The van der Waals surface area contributed by atoms with E-state index in [9.17, 15) is 19.5 Å². The van der Waals surface area contributed by atoms with Crippen LogP contribution in [0.4, 0.5) is 8.78 Å². The fraction of sp³-hybridized carbons (Fsp3) is 0.708. The predicted molar refractivity (Wildman–Crippen MR) is 113 cm³/mol. The number of ether oxygens (including phenoxy) is 1. The van der Waals surface area contributed by atoms with Gasteiger partial charge in [-0.05, 0) is 49.8 Å². The van der Waals surface area contributed by atoms with Gasteiger partial charge in [-0.2, -0.15) is 0 Å². The second-order valence-electron chi connectivity index (χ2n) is 9.95. The third-order valence-corrected chi connectivity index (χ3v) is 8.89. The van der Waals surface area contributed by atoms with Crippen LogP contribution in [0.2, 0.25) is 0 Å². The first kappa shape index (κ1) is 23.6. The van der Waals surface area contributed by atoms with Gasteiger partial charge in [-0.25, -0.2) is 8.78 Å². The summed E-state index contributed by atoms with van der Waals surface area (Å²) in [5.41, 5.74) is -5.23. The average Bonchev–Trinajstić information content (AvgIpc) is 3.03. The van der Waals surface area contributed by atoms with Gasteiger partial charge in [0.1, 0.15) is 6.17 Å². The van der Waals surface area contributed by atoms with Crippen LogP contribution in [-0.2, 0) is 19.1 Å². The minimum Gasteiger partial charge on any atom is -0.450 e. The van der Waals surface area contributed by atoms with Gasteiger partial charge in [0.2, 0.25) is 0 Å². The van der Waals surface area contributed by atoms with E-state index < -0.39 is 70.2 Å². The van der Waals surface area contributed by atoms with E-state index in [1.165, 1.54) is 19.1 Å². The fourth-order valence-electron chi connectivity index (χ4n) is 7.16. The highest BCUT2D eigenvalue weighted by Crippen LogP contribution is 2.67. The van der Waals surface area contributed by atoms with Crippen molar-refractivity contribution in [3.63, 3.8) is 0 Å². The van der Waals surface area contributed by atoms with Gasteiger partial charge in [0, 0.05) is 29.6 Å². The molecule has 0 radical (unpaired) electrons. The largest absolute Gasteiger partial charge is 0.450 e. The summed E-state index contributed by atoms with van der Waals surface area (Å²) in [4.78, 5) is 37.3. The molecule has 8 heteroatoms. The molecule has 0 amide bonds. The highest BCUT2D eigenvalue weighted by atomic mass is 35.5. The van der Waals surface area contributed by atoms with E-state index in [2.05, 4.69) is 0 Å². The van der Waals surface area contributed by atoms with Gasteiger partial charge in [-0.1, -0.05) is 19.9 Å². The summed E-state index contributed by atoms with van der Waals surface area (Å²) in [6.07, 6.45) is 0.708. The zero-order valence-electron chi connectivity index (χ0n) is 18.4. The summed E-state index contributed by atoms with van der Waals surface area (Å²) in [5, 5.41) is 11.2. The van der Waals surface area contributed by atoms with Crippen LogP contribution >= 0.6 is 11.6 Å². The molecule has 1 unspecified atom stereocenters. The first-order valence-corrected chi connectivity index (χ1v) is 11.8. The van der Waals surface area contributed by atoms with E-state index in [4.69, 9.17) is 16.3 Å². The van der Waals surface area contributed by atoms with Crippen LogP contribution in [0.5, 0.6) is 0 Å². The number of rotatable bonds is 4. The van der Waals surface area contributed by atoms with Crippen molar-refractivity contribution >= 4 is 29.1 Å². The average molecular weight is 471 g/mol. The SMILES string of the molecule is CCC(=O)O[C@@]1(C(=O)CCl)C2C[C@H](O)[C@@]3(F)[C@@H](C[C@H](F)C4=CC(=O)C=C[C@@]43C)[C@@H]2C[C@@H]1C. The maximum Gasteiger partial charge on any atom is 0.306 e. The predicted octanol–water partition coefficient (Wildman–Crippen LogP) is 3.66. The summed E-state index contributed by atoms with van der Waals surface area (Å²) >= 11 is 5.91. The molecule has 0 heterocycles. The van der Waals surface area contributed by atoms with E-state index in [1.54, 1.807) is 13.8 Å². The number of carbonyl (C=O) groups is 3. The van der Waals surface area contributed by atoms with Crippen LogP contribution in [0.15, 0.2) is 23.8 Å². The highest BCUT2D eigenvalue weighted by molar-refractivity contribution is 6.29. The molecule has 5 nitrogen and oxygen atoms in total. The van der Waals surface area contributed by atoms with Crippen molar-refractivity contribution < 1.29 is 33.0 Å². The van der Waals surface area contributed by atoms with Crippen LogP contribution in [0.25, 0.3) is 0 Å². The van der Waals surface area contributed by atoms with Crippen LogP contribution in [-0.4, -0.2) is 52.1 Å². The molecule has 0 aromatic carbocycles. The monoisotopic (exact) mass is 470 g/mol. The van der Waals surface area contributed by atoms with Crippen LogP contribution < -0.4 is 0 Å². The van der Waals surface area contributed by atoms with Crippen molar-refractivity contribution in [1.82, 2.24) is 0 Å². The number of hydrogen-bond acceptors (Lipinski definition) is 5. The molecule has 0 spiro atoms. The maximum absolute atomic E-state index is 17.0. The van der Waals surface area contributed by atoms with E-state index >= 15 is 8.78 Å². The number of alkyl halides is 3. The van der Waals surface area contributed by atoms with Crippen molar-refractivity contribution in [1.29, 1.82) is 0 Å². The summed E-state index contributed by atoms with van der Waals surface area (Å²) in [6.45, 7) is 4.90. The summed E-state index contributed by atoms with van der Waals surface area (Å²) in [6, 6.07) is 0. The number of Topliss-reactive ketones (excluding diaryl/α,β-unsaturated/α-hetero) is 1. The van der Waals surface area contributed by atoms with Crippen molar-refractivity contribution in [2.24, 2.45) is 29.1 Å². The van der Waals surface area contributed by atoms with E-state index in [0.29, 0.717) is 6.42 Å². The molecule has 0 aliphatic heterocycles. The van der Waals surface area contributed by atoms with Crippen molar-refractivity contribution in [3.8, 4) is 0 Å². The Balaban J connectivity index is 1.82. The van der Waals surface area contributed by atoms with E-state index in [0.717, 1.165) is 6.08 Å². The van der Waals surface area contributed by atoms with Gasteiger partial charge in [-0.15, -0.1) is 11.6 Å². The Hall–Kier alpha value is -1.60. The standard InChI is InChI=1S/C24H29ClF2O5/c1-4-21(31)32-23(20(30)11-25)12(2)7-14-15(23)10-19(29)24(27)16(14)9-18(26)17-8-13(28)5-6-22(17,24)3/h5-6,8,12,14-16,18-19,29H,4,7,9-11H2,1-3H3/t12-,14+,15?,16-,18-,19-,22-,23+,24-/m0/s1. The van der Waals surface area contributed by atoms with Crippen molar-refractivity contribution in [3.05, 3.63) is 23.8 Å². The lowest BCUT2D eigenvalue weighted by Gasteiger charge is -2.60. The third-order valence-electron chi connectivity index (χ3n) is 8.65. The minimum atomic E-state index is -2.23. The number of allylic oxidation sites excluding steroid dienone is 4. The second kappa shape index (κ2) is 7.73. The fourth-order valence-corrected chi connectivity index (χ4v) is 7.37. The number of ketones is 2.